The number of halogens is 3. The van der Waals surface area contributed by atoms with Gasteiger partial charge >= 0.3 is 0 Å². The minimum Gasteiger partial charge on any atom is -0.490 e. The molecule has 0 atom stereocenters. The second-order valence-corrected chi connectivity index (χ2v) is 2.76. The van der Waals surface area contributed by atoms with Crippen LogP contribution in [0.1, 0.15) is 6.42 Å². The maximum absolute atomic E-state index is 12.9. The molecule has 0 heterocycles. The maximum atomic E-state index is 12.9. The number of ether oxygens (including phenoxy) is 1. The number of primary amides is 1. The summed E-state index contributed by atoms with van der Waals surface area (Å²) in [6.45, 7) is -0.183. The molecule has 1 amide bonds. The molecule has 0 spiro atoms. The van der Waals surface area contributed by atoms with E-state index in [1.54, 1.807) is 0 Å². The zero-order valence-electron chi connectivity index (χ0n) is 7.60. The molecule has 1 rings (SSSR count). The summed E-state index contributed by atoms with van der Waals surface area (Å²) in [5.74, 6) is -4.62. The fourth-order valence-corrected chi connectivity index (χ4v) is 0.877. The molecule has 6 heteroatoms. The van der Waals surface area contributed by atoms with Gasteiger partial charge in [0.25, 0.3) is 0 Å². The Hall–Kier alpha value is -1.72. The molecule has 0 radical (unpaired) electrons. The largest absolute Gasteiger partial charge is 0.490 e. The molecule has 15 heavy (non-hydrogen) atoms. The van der Waals surface area contributed by atoms with Crippen LogP contribution in [-0.2, 0) is 4.79 Å². The Morgan fingerprint density at radius 2 is 1.80 bits per heavy atom. The summed E-state index contributed by atoms with van der Waals surface area (Å²) < 4.78 is 42.7. The van der Waals surface area contributed by atoms with Crippen LogP contribution in [0.5, 0.6) is 5.75 Å². The van der Waals surface area contributed by atoms with Gasteiger partial charge in [-0.05, 0) is 0 Å². The van der Waals surface area contributed by atoms with Crippen molar-refractivity contribution < 1.29 is 22.7 Å². The number of nitrogens with two attached hydrogens (primary N) is 1. The number of amides is 1. The third kappa shape index (κ3) is 3.16. The van der Waals surface area contributed by atoms with E-state index in [9.17, 15) is 18.0 Å². The molecule has 1 aromatic carbocycles. The van der Waals surface area contributed by atoms with Crippen molar-refractivity contribution in [2.75, 3.05) is 6.61 Å². The third-order valence-corrected chi connectivity index (χ3v) is 1.58. The van der Waals surface area contributed by atoms with Crippen LogP contribution >= 0.6 is 0 Å². The lowest BCUT2D eigenvalue weighted by Gasteiger charge is -2.06. The van der Waals surface area contributed by atoms with Crippen LogP contribution in [0.15, 0.2) is 12.1 Å². The summed E-state index contributed by atoms with van der Waals surface area (Å²) in [6, 6.07) is 0.945. The first kappa shape index (κ1) is 11.4. The van der Waals surface area contributed by atoms with Crippen molar-refractivity contribution in [3.8, 4) is 5.75 Å². The topological polar surface area (TPSA) is 52.3 Å². The number of benzene rings is 1. The molecule has 0 unspecified atom stereocenters. The van der Waals surface area contributed by atoms with E-state index < -0.39 is 29.1 Å². The molecule has 0 aliphatic carbocycles. The highest BCUT2D eigenvalue weighted by molar-refractivity contribution is 5.73. The SMILES string of the molecule is NC(=O)CCOc1cc(F)c(F)cc1F. The van der Waals surface area contributed by atoms with Crippen LogP contribution < -0.4 is 10.5 Å². The van der Waals surface area contributed by atoms with Gasteiger partial charge in [-0.3, -0.25) is 4.79 Å². The van der Waals surface area contributed by atoms with Crippen molar-refractivity contribution in [3.05, 3.63) is 29.6 Å². The molecule has 0 fully saturated rings. The summed E-state index contributed by atoms with van der Waals surface area (Å²) in [5.41, 5.74) is 4.80. The Labute approximate surface area is 83.6 Å². The fourth-order valence-electron chi connectivity index (χ4n) is 0.877. The Balaban J connectivity index is 2.69. The number of carbonyl (C=O) groups is 1. The van der Waals surface area contributed by atoms with Gasteiger partial charge in [-0.2, -0.15) is 0 Å². The molecule has 3 nitrogen and oxygen atoms in total. The molecule has 82 valence electrons. The van der Waals surface area contributed by atoms with Gasteiger partial charge in [-0.15, -0.1) is 0 Å². The zero-order chi connectivity index (χ0) is 11.4. The first-order chi connectivity index (χ1) is 7.00. The van der Waals surface area contributed by atoms with Gasteiger partial charge in [0.15, 0.2) is 23.2 Å². The first-order valence-corrected chi connectivity index (χ1v) is 4.06. The highest BCUT2D eigenvalue weighted by Gasteiger charge is 2.10. The van der Waals surface area contributed by atoms with Gasteiger partial charge in [0.2, 0.25) is 5.91 Å². The van der Waals surface area contributed by atoms with Gasteiger partial charge in [-0.1, -0.05) is 0 Å². The number of rotatable bonds is 4. The lowest BCUT2D eigenvalue weighted by atomic mass is 10.3. The van der Waals surface area contributed by atoms with Crippen molar-refractivity contribution in [1.29, 1.82) is 0 Å². The van der Waals surface area contributed by atoms with Gasteiger partial charge in [-0.25, -0.2) is 13.2 Å². The summed E-state index contributed by atoms with van der Waals surface area (Å²) in [6.07, 6.45) is -0.127. The molecular formula is C9H8F3NO2. The van der Waals surface area contributed by atoms with Gasteiger partial charge in [0, 0.05) is 12.1 Å². The molecular weight excluding hydrogens is 211 g/mol. The fraction of sp³-hybridized carbons (Fsp3) is 0.222. The molecule has 0 aliphatic rings. The summed E-state index contributed by atoms with van der Waals surface area (Å²) in [4.78, 5) is 10.3. The molecule has 1 aromatic rings. The lowest BCUT2D eigenvalue weighted by Crippen LogP contribution is -2.15. The molecule has 0 bridgehead atoms. The maximum Gasteiger partial charge on any atom is 0.220 e. The van der Waals surface area contributed by atoms with Crippen LogP contribution in [0, 0.1) is 17.5 Å². The molecule has 0 aliphatic heterocycles. The molecule has 0 aromatic heterocycles. The number of hydrogen-bond acceptors (Lipinski definition) is 2. The second kappa shape index (κ2) is 4.68. The van der Waals surface area contributed by atoms with Gasteiger partial charge < -0.3 is 10.5 Å². The first-order valence-electron chi connectivity index (χ1n) is 4.06. The average Bonchev–Trinajstić information content (AvgIpc) is 2.13. The minimum atomic E-state index is -1.30. The Kier molecular flexibility index (Phi) is 3.54. The van der Waals surface area contributed by atoms with E-state index in [1.165, 1.54) is 0 Å². The summed E-state index contributed by atoms with van der Waals surface area (Å²) in [7, 11) is 0. The lowest BCUT2D eigenvalue weighted by molar-refractivity contribution is -0.118. The Morgan fingerprint density at radius 1 is 1.20 bits per heavy atom. The Bertz CT molecular complexity index is 382. The van der Waals surface area contributed by atoms with E-state index in [0.717, 1.165) is 0 Å². The standard InChI is InChI=1S/C9H8F3NO2/c10-5-3-7(12)8(4-6(5)11)15-2-1-9(13)14/h3-4H,1-2H2,(H2,13,14). The van der Waals surface area contributed by atoms with Crippen molar-refractivity contribution in [2.45, 2.75) is 6.42 Å². The molecule has 2 N–H and O–H groups in total. The summed E-state index contributed by atoms with van der Waals surface area (Å²) >= 11 is 0. The van der Waals surface area contributed by atoms with Gasteiger partial charge in [0.1, 0.15) is 0 Å². The van der Waals surface area contributed by atoms with Crippen LogP contribution in [-0.4, -0.2) is 12.5 Å². The smallest absolute Gasteiger partial charge is 0.220 e. The third-order valence-electron chi connectivity index (χ3n) is 1.58. The number of carbonyl (C=O) groups excluding carboxylic acids is 1. The van der Waals surface area contributed by atoms with E-state index in [0.29, 0.717) is 12.1 Å². The van der Waals surface area contributed by atoms with Gasteiger partial charge in [0.05, 0.1) is 13.0 Å². The zero-order valence-corrected chi connectivity index (χ0v) is 7.60. The van der Waals surface area contributed by atoms with Crippen molar-refractivity contribution >= 4 is 5.91 Å². The van der Waals surface area contributed by atoms with Crippen LogP contribution in [0.3, 0.4) is 0 Å². The van der Waals surface area contributed by atoms with Crippen LogP contribution in [0.25, 0.3) is 0 Å². The number of hydrogen-bond donors (Lipinski definition) is 1. The van der Waals surface area contributed by atoms with Crippen molar-refractivity contribution in [3.63, 3.8) is 0 Å². The van der Waals surface area contributed by atoms with Crippen molar-refractivity contribution in [2.24, 2.45) is 5.73 Å². The minimum absolute atomic E-state index is 0.127. The van der Waals surface area contributed by atoms with E-state index in [2.05, 4.69) is 0 Å². The molecule has 0 saturated carbocycles. The second-order valence-electron chi connectivity index (χ2n) is 2.76. The predicted molar refractivity (Wildman–Crippen MR) is 45.6 cm³/mol. The highest BCUT2D eigenvalue weighted by Crippen LogP contribution is 2.20. The van der Waals surface area contributed by atoms with Crippen LogP contribution in [0.2, 0.25) is 0 Å². The monoisotopic (exact) mass is 219 g/mol. The van der Waals surface area contributed by atoms with E-state index in [1.807, 2.05) is 0 Å². The van der Waals surface area contributed by atoms with E-state index in [-0.39, 0.29) is 13.0 Å². The normalized spacial score (nSPS) is 10.1. The quantitative estimate of drug-likeness (QED) is 0.777. The average molecular weight is 219 g/mol. The van der Waals surface area contributed by atoms with E-state index >= 15 is 0 Å². The Morgan fingerprint density at radius 3 is 2.40 bits per heavy atom. The predicted octanol–water partition coefficient (Wildman–Crippen LogP) is 1.36. The van der Waals surface area contributed by atoms with E-state index in [4.69, 9.17) is 10.5 Å². The van der Waals surface area contributed by atoms with Crippen molar-refractivity contribution in [1.82, 2.24) is 0 Å². The van der Waals surface area contributed by atoms with Crippen LogP contribution in [0.4, 0.5) is 13.2 Å². The summed E-state index contributed by atoms with van der Waals surface area (Å²) in [5, 5.41) is 0. The highest BCUT2D eigenvalue weighted by atomic mass is 19.2. The molecule has 0 saturated heterocycles.